The van der Waals surface area contributed by atoms with Crippen LogP contribution < -0.4 is 5.32 Å². The molecule has 1 atom stereocenters. The van der Waals surface area contributed by atoms with Crippen molar-refractivity contribution in [1.82, 2.24) is 5.32 Å². The predicted molar refractivity (Wildman–Crippen MR) is 36.8 cm³/mol. The van der Waals surface area contributed by atoms with Crippen molar-refractivity contribution in [3.05, 3.63) is 0 Å². The van der Waals surface area contributed by atoms with Crippen LogP contribution in [0.3, 0.4) is 0 Å². The van der Waals surface area contributed by atoms with Crippen molar-refractivity contribution in [3.63, 3.8) is 0 Å². The fraction of sp³-hybridized carbons (Fsp3) is 1.00. The largest absolute Gasteiger partial charge is 0.393 e. The van der Waals surface area contributed by atoms with Gasteiger partial charge in [-0.3, -0.25) is 0 Å². The molecule has 0 aliphatic carbocycles. The van der Waals surface area contributed by atoms with Gasteiger partial charge in [-0.25, -0.2) is 0 Å². The zero-order chi connectivity index (χ0) is 7.03. The van der Waals surface area contributed by atoms with Crippen molar-refractivity contribution in [2.24, 2.45) is 0 Å². The van der Waals surface area contributed by atoms with Crippen molar-refractivity contribution in [3.8, 4) is 0 Å². The van der Waals surface area contributed by atoms with Crippen molar-refractivity contribution in [2.45, 2.75) is 24.5 Å². The SMILES string of the molecule is O[C@H]1CCNC2(COC2)C1. The Morgan fingerprint density at radius 2 is 2.30 bits per heavy atom. The molecule has 0 amide bonds. The third-order valence-corrected chi connectivity index (χ3v) is 2.36. The van der Waals surface area contributed by atoms with E-state index in [0.717, 1.165) is 32.6 Å². The van der Waals surface area contributed by atoms with Gasteiger partial charge in [0.25, 0.3) is 0 Å². The van der Waals surface area contributed by atoms with Crippen molar-refractivity contribution < 1.29 is 9.84 Å². The van der Waals surface area contributed by atoms with Crippen molar-refractivity contribution in [2.75, 3.05) is 19.8 Å². The second kappa shape index (κ2) is 2.19. The zero-order valence-electron chi connectivity index (χ0n) is 5.97. The van der Waals surface area contributed by atoms with Crippen LogP contribution in [-0.2, 0) is 4.74 Å². The lowest BCUT2D eigenvalue weighted by molar-refractivity contribution is -0.107. The van der Waals surface area contributed by atoms with Gasteiger partial charge < -0.3 is 15.2 Å². The first-order valence-electron chi connectivity index (χ1n) is 3.82. The summed E-state index contributed by atoms with van der Waals surface area (Å²) >= 11 is 0. The van der Waals surface area contributed by atoms with Gasteiger partial charge in [0, 0.05) is 0 Å². The summed E-state index contributed by atoms with van der Waals surface area (Å²) in [7, 11) is 0. The number of nitrogens with one attached hydrogen (secondary N) is 1. The third-order valence-electron chi connectivity index (χ3n) is 2.36. The minimum atomic E-state index is -0.106. The summed E-state index contributed by atoms with van der Waals surface area (Å²) in [5.74, 6) is 0. The standard InChI is InChI=1S/C7H13NO2/c9-6-1-2-8-7(3-6)4-10-5-7/h6,8-9H,1-5H2/t6-/m0/s1. The number of hydrogen-bond acceptors (Lipinski definition) is 3. The Morgan fingerprint density at radius 1 is 1.50 bits per heavy atom. The molecular formula is C7H13NO2. The van der Waals surface area contributed by atoms with E-state index in [0.29, 0.717) is 0 Å². The lowest BCUT2D eigenvalue weighted by atomic mass is 9.86. The summed E-state index contributed by atoms with van der Waals surface area (Å²) in [6, 6.07) is 0. The Kier molecular flexibility index (Phi) is 1.44. The molecule has 3 nitrogen and oxygen atoms in total. The van der Waals surface area contributed by atoms with Crippen LogP contribution >= 0.6 is 0 Å². The van der Waals surface area contributed by atoms with E-state index in [1.54, 1.807) is 0 Å². The fourth-order valence-electron chi connectivity index (χ4n) is 1.70. The van der Waals surface area contributed by atoms with E-state index in [9.17, 15) is 5.11 Å². The van der Waals surface area contributed by atoms with Gasteiger partial charge in [-0.05, 0) is 19.4 Å². The van der Waals surface area contributed by atoms with Crippen molar-refractivity contribution >= 4 is 0 Å². The van der Waals surface area contributed by atoms with Crippen LogP contribution in [0.2, 0.25) is 0 Å². The maximum atomic E-state index is 9.31. The minimum Gasteiger partial charge on any atom is -0.393 e. The highest BCUT2D eigenvalue weighted by Gasteiger charge is 2.41. The highest BCUT2D eigenvalue weighted by molar-refractivity contribution is 4.98. The van der Waals surface area contributed by atoms with Gasteiger partial charge in [-0.1, -0.05) is 0 Å². The molecule has 0 bridgehead atoms. The Balaban J connectivity index is 1.96. The molecule has 1 spiro atoms. The quantitative estimate of drug-likeness (QED) is 0.480. The molecule has 58 valence electrons. The fourth-order valence-corrected chi connectivity index (χ4v) is 1.70. The van der Waals surface area contributed by atoms with Crippen LogP contribution in [0.5, 0.6) is 0 Å². The molecule has 0 saturated carbocycles. The van der Waals surface area contributed by atoms with E-state index in [4.69, 9.17) is 4.74 Å². The number of aliphatic hydroxyl groups excluding tert-OH is 1. The average molecular weight is 143 g/mol. The second-order valence-corrected chi connectivity index (χ2v) is 3.35. The lowest BCUT2D eigenvalue weighted by Gasteiger charge is -2.46. The lowest BCUT2D eigenvalue weighted by Crippen LogP contribution is -2.64. The van der Waals surface area contributed by atoms with E-state index in [-0.39, 0.29) is 11.6 Å². The minimum absolute atomic E-state index is 0.106. The predicted octanol–water partition coefficient (Wildman–Crippen LogP) is -0.500. The summed E-state index contributed by atoms with van der Waals surface area (Å²) in [6.07, 6.45) is 1.65. The van der Waals surface area contributed by atoms with E-state index >= 15 is 0 Å². The molecule has 0 radical (unpaired) electrons. The van der Waals surface area contributed by atoms with Gasteiger partial charge >= 0.3 is 0 Å². The molecule has 2 N–H and O–H groups in total. The molecule has 2 aliphatic rings. The highest BCUT2D eigenvalue weighted by Crippen LogP contribution is 2.26. The molecule has 2 heterocycles. The molecule has 2 rings (SSSR count). The van der Waals surface area contributed by atoms with Gasteiger partial charge in [-0.15, -0.1) is 0 Å². The molecule has 0 aromatic rings. The Morgan fingerprint density at radius 3 is 2.70 bits per heavy atom. The maximum Gasteiger partial charge on any atom is 0.0678 e. The maximum absolute atomic E-state index is 9.31. The summed E-state index contributed by atoms with van der Waals surface area (Å²) in [5.41, 5.74) is 0.150. The van der Waals surface area contributed by atoms with Crippen LogP contribution in [0.15, 0.2) is 0 Å². The summed E-state index contributed by atoms with van der Waals surface area (Å²) in [5, 5.41) is 12.7. The number of hydrogen-bond donors (Lipinski definition) is 2. The van der Waals surface area contributed by atoms with E-state index in [1.807, 2.05) is 0 Å². The van der Waals surface area contributed by atoms with E-state index in [1.165, 1.54) is 0 Å². The molecule has 0 aromatic heterocycles. The second-order valence-electron chi connectivity index (χ2n) is 3.35. The first kappa shape index (κ1) is 6.58. The van der Waals surface area contributed by atoms with Crippen molar-refractivity contribution in [1.29, 1.82) is 0 Å². The average Bonchev–Trinajstić information content (AvgIpc) is 1.85. The van der Waals surface area contributed by atoms with Gasteiger partial charge in [0.1, 0.15) is 0 Å². The van der Waals surface area contributed by atoms with E-state index in [2.05, 4.69) is 5.32 Å². The molecule has 10 heavy (non-hydrogen) atoms. The van der Waals surface area contributed by atoms with Gasteiger partial charge in [0.15, 0.2) is 0 Å². The highest BCUT2D eigenvalue weighted by atomic mass is 16.5. The molecule has 0 unspecified atom stereocenters. The topological polar surface area (TPSA) is 41.5 Å². The van der Waals surface area contributed by atoms with Crippen LogP contribution in [0, 0.1) is 0 Å². The number of rotatable bonds is 0. The Bertz CT molecular complexity index is 134. The van der Waals surface area contributed by atoms with Crippen LogP contribution in [0.1, 0.15) is 12.8 Å². The smallest absolute Gasteiger partial charge is 0.0678 e. The number of piperidine rings is 1. The molecule has 2 fully saturated rings. The number of ether oxygens (including phenoxy) is 1. The monoisotopic (exact) mass is 143 g/mol. The molecular weight excluding hydrogens is 130 g/mol. The van der Waals surface area contributed by atoms with Gasteiger partial charge in [0.2, 0.25) is 0 Å². The van der Waals surface area contributed by atoms with Crippen LogP contribution in [0.25, 0.3) is 0 Å². The Labute approximate surface area is 60.4 Å². The van der Waals surface area contributed by atoms with Gasteiger partial charge in [-0.2, -0.15) is 0 Å². The normalized spacial score (nSPS) is 37.5. The molecule has 2 saturated heterocycles. The van der Waals surface area contributed by atoms with E-state index < -0.39 is 0 Å². The van der Waals surface area contributed by atoms with Crippen LogP contribution in [0.4, 0.5) is 0 Å². The zero-order valence-corrected chi connectivity index (χ0v) is 5.97. The Hall–Kier alpha value is -0.120. The first-order chi connectivity index (χ1) is 4.81. The molecule has 2 aliphatic heterocycles. The summed E-state index contributed by atoms with van der Waals surface area (Å²) in [4.78, 5) is 0. The summed E-state index contributed by atoms with van der Waals surface area (Å²) in [6.45, 7) is 2.50. The molecule has 0 aromatic carbocycles. The number of aliphatic hydroxyl groups is 1. The first-order valence-corrected chi connectivity index (χ1v) is 3.82. The third kappa shape index (κ3) is 0.944. The summed E-state index contributed by atoms with van der Waals surface area (Å²) < 4.78 is 5.09. The molecule has 3 heteroatoms. The van der Waals surface area contributed by atoms with Crippen LogP contribution in [-0.4, -0.2) is 36.5 Å². The van der Waals surface area contributed by atoms with Gasteiger partial charge in [0.05, 0.1) is 24.9 Å².